The van der Waals surface area contributed by atoms with Gasteiger partial charge in [-0.1, -0.05) is 0 Å². The molecule has 0 saturated carbocycles. The molecule has 0 aliphatic carbocycles. The Bertz CT molecular complexity index is 91.5. The van der Waals surface area contributed by atoms with Crippen LogP contribution in [0.5, 0.6) is 0 Å². The molecule has 0 radical (unpaired) electrons. The minimum absolute atomic E-state index is 0. The molecule has 0 spiro atoms. The van der Waals surface area contributed by atoms with Crippen molar-refractivity contribution in [3.05, 3.63) is 10.1 Å². The molecule has 0 fully saturated rings. The molecule has 0 saturated heterocycles. The molecule has 0 unspecified atom stereocenters. The van der Waals surface area contributed by atoms with Crippen molar-refractivity contribution >= 4 is 35.5 Å². The summed E-state index contributed by atoms with van der Waals surface area (Å²) in [5.74, 6) is -0.912. The summed E-state index contributed by atoms with van der Waals surface area (Å²) in [6.07, 6.45) is 0. The SMILES string of the molecule is NC(=O)C[N+](=O)[O-].[NaH]. The van der Waals surface area contributed by atoms with Crippen LogP contribution in [-0.4, -0.2) is 46.9 Å². The van der Waals surface area contributed by atoms with Gasteiger partial charge < -0.3 is 5.73 Å². The molecule has 0 heterocycles. The number of primary amides is 1. The molecule has 0 aliphatic rings. The Balaban J connectivity index is 0. The quantitative estimate of drug-likeness (QED) is 0.267. The molecule has 5 nitrogen and oxygen atoms in total. The first-order chi connectivity index (χ1) is 3.13. The maximum atomic E-state index is 9.59. The van der Waals surface area contributed by atoms with Crippen LogP contribution in [0.25, 0.3) is 0 Å². The molecule has 0 aromatic rings. The third-order valence-electron chi connectivity index (χ3n) is 0.285. The number of hydrogen-bond donors (Lipinski definition) is 1. The zero-order chi connectivity index (χ0) is 5.86. The van der Waals surface area contributed by atoms with Crippen LogP contribution in [0.2, 0.25) is 0 Å². The Kier molecular flexibility index (Phi) is 6.76. The van der Waals surface area contributed by atoms with Gasteiger partial charge in [-0.25, -0.2) is 0 Å². The Hall–Kier alpha value is -0.130. The monoisotopic (exact) mass is 128 g/mol. The van der Waals surface area contributed by atoms with Crippen LogP contribution >= 0.6 is 0 Å². The van der Waals surface area contributed by atoms with Gasteiger partial charge >= 0.3 is 29.6 Å². The van der Waals surface area contributed by atoms with Crippen molar-refractivity contribution in [3.8, 4) is 0 Å². The molecular formula is C2H5N2NaO3. The third-order valence-corrected chi connectivity index (χ3v) is 0.285. The van der Waals surface area contributed by atoms with Gasteiger partial charge in [-0.2, -0.15) is 0 Å². The predicted octanol–water partition coefficient (Wildman–Crippen LogP) is -1.90. The fourth-order valence-electron chi connectivity index (χ4n) is 0.127. The minimum atomic E-state index is -0.912. The van der Waals surface area contributed by atoms with Gasteiger partial charge in [0, 0.05) is 4.92 Å². The van der Waals surface area contributed by atoms with Crippen molar-refractivity contribution in [2.75, 3.05) is 6.54 Å². The summed E-state index contributed by atoms with van der Waals surface area (Å²) in [5.41, 5.74) is 4.41. The van der Waals surface area contributed by atoms with Crippen molar-refractivity contribution < 1.29 is 9.72 Å². The molecule has 8 heavy (non-hydrogen) atoms. The number of carbonyl (C=O) groups is 1. The zero-order valence-corrected chi connectivity index (χ0v) is 3.46. The van der Waals surface area contributed by atoms with Crippen LogP contribution in [0.4, 0.5) is 0 Å². The molecule has 0 aliphatic heterocycles. The van der Waals surface area contributed by atoms with E-state index in [1.165, 1.54) is 0 Å². The molecular weight excluding hydrogens is 123 g/mol. The summed E-state index contributed by atoms with van der Waals surface area (Å²) >= 11 is 0. The number of nitro groups is 1. The standard InChI is InChI=1S/C2H4N2O3.Na.H/c3-2(5)1-4(6)7;;/h1H2,(H2,3,5);;. The van der Waals surface area contributed by atoms with E-state index < -0.39 is 17.4 Å². The Morgan fingerprint density at radius 3 is 2.12 bits per heavy atom. The Labute approximate surface area is 67.7 Å². The van der Waals surface area contributed by atoms with Gasteiger partial charge in [0.2, 0.25) is 0 Å². The molecule has 6 heteroatoms. The summed E-state index contributed by atoms with van der Waals surface area (Å²) in [5, 5.41) is 9.31. The topological polar surface area (TPSA) is 86.2 Å². The molecule has 0 atom stereocenters. The van der Waals surface area contributed by atoms with E-state index in [2.05, 4.69) is 5.73 Å². The average Bonchev–Trinajstić information content (AvgIpc) is 1.27. The second-order valence-corrected chi connectivity index (χ2v) is 0.957. The summed E-state index contributed by atoms with van der Waals surface area (Å²) in [4.78, 5) is 18.1. The van der Waals surface area contributed by atoms with E-state index >= 15 is 0 Å². The van der Waals surface area contributed by atoms with Crippen molar-refractivity contribution in [1.82, 2.24) is 0 Å². The van der Waals surface area contributed by atoms with Gasteiger partial charge in [0.05, 0.1) is 0 Å². The van der Waals surface area contributed by atoms with Crippen molar-refractivity contribution in [3.63, 3.8) is 0 Å². The number of hydrogen-bond acceptors (Lipinski definition) is 3. The summed E-state index contributed by atoms with van der Waals surface area (Å²) in [7, 11) is 0. The zero-order valence-electron chi connectivity index (χ0n) is 3.46. The van der Waals surface area contributed by atoms with Crippen LogP contribution in [0.3, 0.4) is 0 Å². The van der Waals surface area contributed by atoms with Crippen LogP contribution in [0.1, 0.15) is 0 Å². The van der Waals surface area contributed by atoms with E-state index in [1.807, 2.05) is 0 Å². The number of rotatable bonds is 2. The number of amides is 1. The number of nitrogens with zero attached hydrogens (tertiary/aromatic N) is 1. The van der Waals surface area contributed by atoms with Crippen LogP contribution in [0.15, 0.2) is 0 Å². The first-order valence-corrected chi connectivity index (χ1v) is 1.53. The van der Waals surface area contributed by atoms with Crippen LogP contribution < -0.4 is 5.73 Å². The second-order valence-electron chi connectivity index (χ2n) is 0.957. The summed E-state index contributed by atoms with van der Waals surface area (Å²) < 4.78 is 0. The van der Waals surface area contributed by atoms with E-state index in [0.29, 0.717) is 0 Å². The Morgan fingerprint density at radius 1 is 1.75 bits per heavy atom. The summed E-state index contributed by atoms with van der Waals surface area (Å²) in [6, 6.07) is 0. The first kappa shape index (κ1) is 10.8. The maximum absolute atomic E-state index is 9.59. The number of carbonyl (C=O) groups excluding carboxylic acids is 1. The van der Waals surface area contributed by atoms with Crippen molar-refractivity contribution in [1.29, 1.82) is 0 Å². The predicted molar refractivity (Wildman–Crippen MR) is 28.2 cm³/mol. The average molecular weight is 128 g/mol. The molecule has 0 aromatic carbocycles. The Morgan fingerprint density at radius 2 is 2.12 bits per heavy atom. The fourth-order valence-corrected chi connectivity index (χ4v) is 0.127. The van der Waals surface area contributed by atoms with E-state index in [1.54, 1.807) is 0 Å². The summed E-state index contributed by atoms with van der Waals surface area (Å²) in [6.45, 7) is -0.778. The van der Waals surface area contributed by atoms with Gasteiger partial charge in [0.25, 0.3) is 12.5 Å². The van der Waals surface area contributed by atoms with E-state index in [4.69, 9.17) is 0 Å². The molecule has 1 amide bonds. The molecule has 0 rings (SSSR count). The van der Waals surface area contributed by atoms with Gasteiger partial charge in [-0.15, -0.1) is 0 Å². The van der Waals surface area contributed by atoms with Crippen LogP contribution in [0, 0.1) is 10.1 Å². The fraction of sp³-hybridized carbons (Fsp3) is 0.500. The van der Waals surface area contributed by atoms with Crippen LogP contribution in [-0.2, 0) is 4.79 Å². The molecule has 42 valence electrons. The molecule has 0 bridgehead atoms. The first-order valence-electron chi connectivity index (χ1n) is 1.53. The normalized spacial score (nSPS) is 7.00. The van der Waals surface area contributed by atoms with Gasteiger partial charge in [0.15, 0.2) is 0 Å². The van der Waals surface area contributed by atoms with Gasteiger partial charge in [-0.05, 0) is 0 Å². The van der Waals surface area contributed by atoms with E-state index in [0.717, 1.165) is 0 Å². The van der Waals surface area contributed by atoms with E-state index in [9.17, 15) is 14.9 Å². The van der Waals surface area contributed by atoms with Crippen molar-refractivity contribution in [2.45, 2.75) is 0 Å². The second kappa shape index (κ2) is 5.02. The number of nitrogens with two attached hydrogens (primary N) is 1. The molecule has 0 aromatic heterocycles. The van der Waals surface area contributed by atoms with E-state index in [-0.39, 0.29) is 29.6 Å². The molecule has 2 N–H and O–H groups in total. The van der Waals surface area contributed by atoms with Gasteiger partial charge in [-0.3, -0.25) is 14.9 Å². The van der Waals surface area contributed by atoms with Gasteiger partial charge in [0.1, 0.15) is 0 Å². The third kappa shape index (κ3) is 9.30. The van der Waals surface area contributed by atoms with Crippen molar-refractivity contribution in [2.24, 2.45) is 5.73 Å².